The second kappa shape index (κ2) is 49.4. The predicted molar refractivity (Wildman–Crippen MR) is 262 cm³/mol. The number of aliphatic hydroxyl groups is 2. The van der Waals surface area contributed by atoms with Crippen molar-refractivity contribution in [1.82, 2.24) is 5.32 Å². The molecule has 4 heteroatoms. The third-order valence-electron chi connectivity index (χ3n) is 10.5. The Hall–Kier alpha value is -2.95. The summed E-state index contributed by atoms with van der Waals surface area (Å²) in [6, 6.07) is -0.653. The second-order valence-electron chi connectivity index (χ2n) is 16.1. The van der Waals surface area contributed by atoms with Crippen LogP contribution in [0.5, 0.6) is 0 Å². The third-order valence-corrected chi connectivity index (χ3v) is 10.5. The highest BCUT2D eigenvalue weighted by molar-refractivity contribution is 5.76. The van der Waals surface area contributed by atoms with Gasteiger partial charge < -0.3 is 15.5 Å². The quantitative estimate of drug-likeness (QED) is 0.0424. The van der Waals surface area contributed by atoms with Crippen molar-refractivity contribution in [1.29, 1.82) is 0 Å². The van der Waals surface area contributed by atoms with E-state index < -0.39 is 12.1 Å². The molecule has 0 bridgehead atoms. The zero-order valence-electron chi connectivity index (χ0n) is 38.5. The smallest absolute Gasteiger partial charge is 0.220 e. The molecule has 0 radical (unpaired) electrons. The number of allylic oxidation sites excluding steroid dienone is 17. The zero-order valence-corrected chi connectivity index (χ0v) is 38.5. The maximum Gasteiger partial charge on any atom is 0.220 e. The van der Waals surface area contributed by atoms with Crippen molar-refractivity contribution in [3.8, 4) is 0 Å². The average molecular weight is 816 g/mol. The zero-order chi connectivity index (χ0) is 42.8. The Morgan fingerprint density at radius 3 is 1.19 bits per heavy atom. The van der Waals surface area contributed by atoms with Gasteiger partial charge >= 0.3 is 0 Å². The Morgan fingerprint density at radius 1 is 0.424 bits per heavy atom. The lowest BCUT2D eigenvalue weighted by Gasteiger charge is -2.19. The van der Waals surface area contributed by atoms with E-state index in [1.165, 1.54) is 103 Å². The minimum atomic E-state index is -0.875. The van der Waals surface area contributed by atoms with Crippen molar-refractivity contribution in [3.05, 3.63) is 109 Å². The lowest BCUT2D eigenvalue weighted by atomic mass is 10.0. The summed E-state index contributed by atoms with van der Waals surface area (Å²) in [5, 5.41) is 23.0. The van der Waals surface area contributed by atoms with E-state index in [1.807, 2.05) is 6.08 Å². The number of aliphatic hydroxyl groups excluding tert-OH is 2. The molecule has 0 fully saturated rings. The number of carbonyl (C=O) groups is 1. The summed E-state index contributed by atoms with van der Waals surface area (Å²) >= 11 is 0. The molecule has 0 aromatic heterocycles. The fourth-order valence-corrected chi connectivity index (χ4v) is 6.76. The van der Waals surface area contributed by atoms with Crippen LogP contribution >= 0.6 is 0 Å². The molecule has 0 aliphatic heterocycles. The minimum absolute atomic E-state index is 0.0898. The first-order chi connectivity index (χ1) is 29.2. The highest BCUT2D eigenvalue weighted by atomic mass is 16.3. The highest BCUT2D eigenvalue weighted by Crippen LogP contribution is 2.13. The van der Waals surface area contributed by atoms with Crippen LogP contribution in [-0.2, 0) is 4.79 Å². The lowest BCUT2D eigenvalue weighted by Crippen LogP contribution is -2.45. The van der Waals surface area contributed by atoms with E-state index in [4.69, 9.17) is 0 Å². The molecule has 0 aromatic carbocycles. The normalized spacial score (nSPS) is 13.9. The van der Waals surface area contributed by atoms with Crippen LogP contribution in [0.4, 0.5) is 0 Å². The van der Waals surface area contributed by atoms with Gasteiger partial charge in [0.15, 0.2) is 0 Å². The van der Waals surface area contributed by atoms with Crippen molar-refractivity contribution < 1.29 is 15.0 Å². The predicted octanol–water partition coefficient (Wildman–Crippen LogP) is 16.0. The topological polar surface area (TPSA) is 69.6 Å². The monoisotopic (exact) mass is 816 g/mol. The van der Waals surface area contributed by atoms with Crippen molar-refractivity contribution in [2.45, 2.75) is 225 Å². The van der Waals surface area contributed by atoms with E-state index in [-0.39, 0.29) is 12.5 Å². The summed E-state index contributed by atoms with van der Waals surface area (Å²) in [4.78, 5) is 12.4. The van der Waals surface area contributed by atoms with E-state index in [0.717, 1.165) is 89.9 Å². The molecule has 2 atom stereocenters. The minimum Gasteiger partial charge on any atom is -0.394 e. The van der Waals surface area contributed by atoms with Gasteiger partial charge in [0.25, 0.3) is 0 Å². The Labute approximate surface area is 366 Å². The van der Waals surface area contributed by atoms with Gasteiger partial charge in [-0.2, -0.15) is 0 Å². The molecule has 0 aliphatic rings. The van der Waals surface area contributed by atoms with Crippen molar-refractivity contribution in [2.75, 3.05) is 6.61 Å². The van der Waals surface area contributed by atoms with Gasteiger partial charge in [0, 0.05) is 6.42 Å². The summed E-state index contributed by atoms with van der Waals surface area (Å²) in [7, 11) is 0. The fraction of sp³-hybridized carbons (Fsp3) is 0.655. The molecule has 0 aromatic rings. The summed E-state index contributed by atoms with van der Waals surface area (Å²) in [6.45, 7) is 4.17. The van der Waals surface area contributed by atoms with Gasteiger partial charge in [-0.15, -0.1) is 0 Å². The van der Waals surface area contributed by atoms with Crippen LogP contribution < -0.4 is 5.32 Å². The van der Waals surface area contributed by atoms with Gasteiger partial charge in [0.1, 0.15) is 0 Å². The Kier molecular flexibility index (Phi) is 46.9. The van der Waals surface area contributed by atoms with Gasteiger partial charge in [-0.25, -0.2) is 0 Å². The highest BCUT2D eigenvalue weighted by Gasteiger charge is 2.17. The summed E-state index contributed by atoms with van der Waals surface area (Å²) < 4.78 is 0. The number of unbranched alkanes of at least 4 members (excludes halogenated alkanes) is 20. The van der Waals surface area contributed by atoms with E-state index in [9.17, 15) is 15.0 Å². The van der Waals surface area contributed by atoms with Gasteiger partial charge in [-0.1, -0.05) is 226 Å². The van der Waals surface area contributed by atoms with Crippen molar-refractivity contribution in [2.24, 2.45) is 0 Å². The summed E-state index contributed by atoms with van der Waals surface area (Å²) in [6.07, 6.45) is 74.9. The number of rotatable bonds is 43. The first-order valence-corrected chi connectivity index (χ1v) is 24.6. The molecule has 1 amide bonds. The maximum atomic E-state index is 12.4. The van der Waals surface area contributed by atoms with E-state index in [0.29, 0.717) is 6.42 Å². The molecule has 0 heterocycles. The van der Waals surface area contributed by atoms with E-state index in [2.05, 4.69) is 116 Å². The molecule has 2 unspecified atom stereocenters. The molecular formula is C55H93NO3. The van der Waals surface area contributed by atoms with E-state index in [1.54, 1.807) is 6.08 Å². The molecule has 3 N–H and O–H groups in total. The molecule has 0 aliphatic carbocycles. The van der Waals surface area contributed by atoms with Gasteiger partial charge in [0.2, 0.25) is 5.91 Å². The maximum absolute atomic E-state index is 12.4. The van der Waals surface area contributed by atoms with Crippen molar-refractivity contribution in [3.63, 3.8) is 0 Å². The van der Waals surface area contributed by atoms with Gasteiger partial charge in [0.05, 0.1) is 18.8 Å². The first kappa shape index (κ1) is 56.0. The van der Waals surface area contributed by atoms with Crippen LogP contribution in [0.3, 0.4) is 0 Å². The summed E-state index contributed by atoms with van der Waals surface area (Å²) in [5.74, 6) is -0.0898. The Morgan fingerprint density at radius 2 is 0.763 bits per heavy atom. The van der Waals surface area contributed by atoms with Crippen LogP contribution in [0.2, 0.25) is 0 Å². The molecule has 4 nitrogen and oxygen atoms in total. The average Bonchev–Trinajstić information content (AvgIpc) is 3.24. The van der Waals surface area contributed by atoms with Gasteiger partial charge in [-0.3, -0.25) is 4.79 Å². The first-order valence-electron chi connectivity index (χ1n) is 24.6. The second-order valence-corrected chi connectivity index (χ2v) is 16.1. The molecular weight excluding hydrogens is 723 g/mol. The van der Waals surface area contributed by atoms with Crippen LogP contribution in [0, 0.1) is 0 Å². The van der Waals surface area contributed by atoms with Crippen LogP contribution in [0.15, 0.2) is 109 Å². The number of hydrogen-bond donors (Lipinski definition) is 3. The SMILES string of the molecule is CC/C=C\C/C=C\C/C=C\C/C=C\C/C=C\C/C=C\C/C=C\CCCCCCCCCC(=O)NC(CO)C(O)/C=C/CC/C=C/CCCCCCCCCCCCCC. The molecule has 0 saturated heterocycles. The number of carbonyl (C=O) groups excluding carboxylic acids is 1. The van der Waals surface area contributed by atoms with Crippen LogP contribution in [0.25, 0.3) is 0 Å². The fourth-order valence-electron chi connectivity index (χ4n) is 6.76. The van der Waals surface area contributed by atoms with Crippen molar-refractivity contribution >= 4 is 5.91 Å². The van der Waals surface area contributed by atoms with Crippen LogP contribution in [-0.4, -0.2) is 34.9 Å². The molecule has 0 spiro atoms. The molecule has 0 saturated carbocycles. The number of nitrogens with one attached hydrogen (secondary N) is 1. The largest absolute Gasteiger partial charge is 0.394 e. The Bertz CT molecular complexity index is 1150. The molecule has 59 heavy (non-hydrogen) atoms. The van der Waals surface area contributed by atoms with E-state index >= 15 is 0 Å². The van der Waals surface area contributed by atoms with Gasteiger partial charge in [-0.05, 0) is 89.9 Å². The summed E-state index contributed by atoms with van der Waals surface area (Å²) in [5.41, 5.74) is 0. The Balaban J connectivity index is 3.68. The standard InChI is InChI=1S/C55H93NO3/c1-3-5-7-9-11-13-15-17-19-21-23-24-25-26-27-28-29-30-31-32-33-35-37-39-41-43-45-47-49-51-55(59)56-53(52-57)54(58)50-48-46-44-42-40-38-36-34-22-20-18-16-14-12-10-8-6-4-2/h5,7,11,13,17,19,23-24,26-27,29-30,32-33,40,42,48,50,53-54,57-58H,3-4,6,8-10,12,14-16,18,20-22,25,28,31,34-39,41,43-47,49,51-52H2,1-2H3,(H,56,59)/b7-5-,13-11-,19-17-,24-23-,27-26-,30-29-,33-32-,42-40+,50-48+. The molecule has 0 rings (SSSR count). The number of hydrogen-bond acceptors (Lipinski definition) is 3. The molecule has 336 valence electrons. The lowest BCUT2D eigenvalue weighted by molar-refractivity contribution is -0.123. The third kappa shape index (κ3) is 46.0. The van der Waals surface area contributed by atoms with Crippen LogP contribution in [0.1, 0.15) is 213 Å². The number of amides is 1.